The Balaban J connectivity index is 1.87. The molecule has 7 heteroatoms. The summed E-state index contributed by atoms with van der Waals surface area (Å²) in [5.74, 6) is 0.332. The first-order chi connectivity index (χ1) is 12.4. The minimum Gasteiger partial charge on any atom is -0.488 e. The van der Waals surface area contributed by atoms with Crippen molar-refractivity contribution in [1.29, 1.82) is 0 Å². The second kappa shape index (κ2) is 7.03. The third kappa shape index (κ3) is 3.20. The molecule has 1 amide bonds. The second-order valence-corrected chi connectivity index (χ2v) is 6.00. The number of aromatic nitrogens is 1. The molecule has 0 radical (unpaired) electrons. The third-order valence-electron chi connectivity index (χ3n) is 4.22. The standard InChI is InChI=1S/C19H20N2O5/c1-4-25-17-6-5-9-21(19(17)24)11-15(22)13-7-8-16-14(10-13)20(3)18(23)12(2)26-16/h5-10,12H,4,11H2,1-3H3. The van der Waals surface area contributed by atoms with Gasteiger partial charge in [0.1, 0.15) is 5.75 Å². The Labute approximate surface area is 150 Å². The normalized spacial score (nSPS) is 16.0. The van der Waals surface area contributed by atoms with Crippen molar-refractivity contribution in [2.75, 3.05) is 18.6 Å². The molecule has 0 fully saturated rings. The van der Waals surface area contributed by atoms with Crippen molar-refractivity contribution in [3.63, 3.8) is 0 Å². The molecule has 2 heterocycles. The number of anilines is 1. The van der Waals surface area contributed by atoms with Gasteiger partial charge in [-0.05, 0) is 44.2 Å². The first kappa shape index (κ1) is 17.7. The molecule has 1 aromatic heterocycles. The van der Waals surface area contributed by atoms with E-state index in [0.29, 0.717) is 23.6 Å². The number of hydrogen-bond acceptors (Lipinski definition) is 5. The number of carbonyl (C=O) groups excluding carboxylic acids is 2. The molecule has 0 saturated carbocycles. The molecule has 2 aromatic rings. The lowest BCUT2D eigenvalue weighted by Gasteiger charge is -2.30. The van der Waals surface area contributed by atoms with Gasteiger partial charge < -0.3 is 18.9 Å². The van der Waals surface area contributed by atoms with Gasteiger partial charge in [0.05, 0.1) is 18.8 Å². The van der Waals surface area contributed by atoms with Crippen LogP contribution in [0.15, 0.2) is 41.3 Å². The van der Waals surface area contributed by atoms with Crippen molar-refractivity contribution in [3.8, 4) is 11.5 Å². The summed E-state index contributed by atoms with van der Waals surface area (Å²) < 4.78 is 12.1. The first-order valence-electron chi connectivity index (χ1n) is 8.36. The van der Waals surface area contributed by atoms with Gasteiger partial charge in [0.25, 0.3) is 11.5 Å². The zero-order valence-corrected chi connectivity index (χ0v) is 14.9. The summed E-state index contributed by atoms with van der Waals surface area (Å²) in [4.78, 5) is 38.5. The average molecular weight is 356 g/mol. The number of ketones is 1. The van der Waals surface area contributed by atoms with E-state index in [0.717, 1.165) is 0 Å². The number of rotatable bonds is 5. The smallest absolute Gasteiger partial charge is 0.293 e. The van der Waals surface area contributed by atoms with Gasteiger partial charge in [-0.1, -0.05) is 0 Å². The topological polar surface area (TPSA) is 77.8 Å². The lowest BCUT2D eigenvalue weighted by Crippen LogP contribution is -2.42. The highest BCUT2D eigenvalue weighted by atomic mass is 16.5. The molecule has 0 N–H and O–H groups in total. The lowest BCUT2D eigenvalue weighted by atomic mass is 10.1. The molecule has 1 aliphatic heterocycles. The van der Waals surface area contributed by atoms with E-state index in [-0.39, 0.29) is 29.5 Å². The van der Waals surface area contributed by atoms with E-state index in [9.17, 15) is 14.4 Å². The van der Waals surface area contributed by atoms with Crippen LogP contribution >= 0.6 is 0 Å². The number of Topliss-reactive ketones (excluding diaryl/α,β-unsaturated/α-hetero) is 1. The lowest BCUT2D eigenvalue weighted by molar-refractivity contribution is -0.125. The molecule has 26 heavy (non-hydrogen) atoms. The van der Waals surface area contributed by atoms with Crippen molar-refractivity contribution >= 4 is 17.4 Å². The highest BCUT2D eigenvalue weighted by Crippen LogP contribution is 2.34. The molecule has 0 bridgehead atoms. The van der Waals surface area contributed by atoms with Gasteiger partial charge in [0.15, 0.2) is 17.6 Å². The van der Waals surface area contributed by atoms with Crippen LogP contribution in [-0.2, 0) is 11.3 Å². The van der Waals surface area contributed by atoms with Crippen LogP contribution < -0.4 is 19.9 Å². The van der Waals surface area contributed by atoms with Gasteiger partial charge in [0.2, 0.25) is 0 Å². The summed E-state index contributed by atoms with van der Waals surface area (Å²) in [5.41, 5.74) is 0.578. The summed E-state index contributed by atoms with van der Waals surface area (Å²) >= 11 is 0. The predicted octanol–water partition coefficient (Wildman–Crippen LogP) is 1.87. The van der Waals surface area contributed by atoms with Crippen LogP contribution in [0.1, 0.15) is 24.2 Å². The summed E-state index contributed by atoms with van der Waals surface area (Å²) in [6, 6.07) is 8.15. The van der Waals surface area contributed by atoms with Gasteiger partial charge in [-0.25, -0.2) is 0 Å². The highest BCUT2D eigenvalue weighted by Gasteiger charge is 2.29. The number of fused-ring (bicyclic) bond motifs is 1. The molecule has 3 rings (SSSR count). The zero-order valence-electron chi connectivity index (χ0n) is 14.9. The van der Waals surface area contributed by atoms with Crippen molar-refractivity contribution in [2.24, 2.45) is 0 Å². The Morgan fingerprint density at radius 1 is 1.27 bits per heavy atom. The predicted molar refractivity (Wildman–Crippen MR) is 96.1 cm³/mol. The molecule has 7 nitrogen and oxygen atoms in total. The summed E-state index contributed by atoms with van der Waals surface area (Å²) in [5, 5.41) is 0. The number of amides is 1. The van der Waals surface area contributed by atoms with Gasteiger partial charge in [-0.3, -0.25) is 14.4 Å². The van der Waals surface area contributed by atoms with Crippen LogP contribution in [0.3, 0.4) is 0 Å². The van der Waals surface area contributed by atoms with Crippen molar-refractivity contribution < 1.29 is 19.1 Å². The Morgan fingerprint density at radius 3 is 2.77 bits per heavy atom. The molecule has 0 aliphatic carbocycles. The van der Waals surface area contributed by atoms with Crippen LogP contribution in [0.5, 0.6) is 11.5 Å². The van der Waals surface area contributed by atoms with E-state index in [1.807, 2.05) is 0 Å². The molecule has 0 spiro atoms. The van der Waals surface area contributed by atoms with E-state index in [2.05, 4.69) is 0 Å². The van der Waals surface area contributed by atoms with Gasteiger partial charge in [-0.15, -0.1) is 0 Å². The maximum atomic E-state index is 12.6. The van der Waals surface area contributed by atoms with Crippen LogP contribution in [0.25, 0.3) is 0 Å². The van der Waals surface area contributed by atoms with E-state index in [1.165, 1.54) is 9.47 Å². The van der Waals surface area contributed by atoms with Crippen LogP contribution in [0, 0.1) is 0 Å². The fourth-order valence-electron chi connectivity index (χ4n) is 2.84. The Hall–Kier alpha value is -3.09. The van der Waals surface area contributed by atoms with Crippen LogP contribution in [0.4, 0.5) is 5.69 Å². The van der Waals surface area contributed by atoms with Gasteiger partial charge >= 0.3 is 0 Å². The van der Waals surface area contributed by atoms with E-state index in [1.54, 1.807) is 57.4 Å². The average Bonchev–Trinajstić information content (AvgIpc) is 2.63. The Kier molecular flexibility index (Phi) is 4.79. The highest BCUT2D eigenvalue weighted by molar-refractivity contribution is 6.02. The molecule has 1 unspecified atom stereocenters. The maximum absolute atomic E-state index is 12.6. The monoisotopic (exact) mass is 356 g/mol. The summed E-state index contributed by atoms with van der Waals surface area (Å²) in [6.45, 7) is 3.72. The van der Waals surface area contributed by atoms with E-state index in [4.69, 9.17) is 9.47 Å². The molecule has 0 saturated heterocycles. The number of pyridine rings is 1. The maximum Gasteiger partial charge on any atom is 0.293 e. The second-order valence-electron chi connectivity index (χ2n) is 6.00. The fraction of sp³-hybridized carbons (Fsp3) is 0.316. The number of ether oxygens (including phenoxy) is 2. The summed E-state index contributed by atoms with van der Waals surface area (Å²) in [7, 11) is 1.64. The van der Waals surface area contributed by atoms with E-state index < -0.39 is 6.10 Å². The molecule has 1 atom stereocenters. The molecular weight excluding hydrogens is 336 g/mol. The van der Waals surface area contributed by atoms with Gasteiger partial charge in [-0.2, -0.15) is 0 Å². The summed E-state index contributed by atoms with van der Waals surface area (Å²) in [6.07, 6.45) is 0.982. The number of benzene rings is 1. The van der Waals surface area contributed by atoms with Crippen LogP contribution in [-0.4, -0.2) is 36.0 Å². The van der Waals surface area contributed by atoms with Crippen molar-refractivity contribution in [3.05, 3.63) is 52.4 Å². The number of hydrogen-bond donors (Lipinski definition) is 0. The third-order valence-corrected chi connectivity index (χ3v) is 4.22. The first-order valence-corrected chi connectivity index (χ1v) is 8.36. The SMILES string of the molecule is CCOc1cccn(CC(=O)c2ccc3c(c2)N(C)C(=O)C(C)O3)c1=O. The molecule has 136 valence electrons. The molecular formula is C19H20N2O5. The largest absolute Gasteiger partial charge is 0.488 e. The minimum atomic E-state index is -0.561. The quantitative estimate of drug-likeness (QED) is 0.765. The zero-order chi connectivity index (χ0) is 18.8. The minimum absolute atomic E-state index is 0.118. The molecule has 1 aliphatic rings. The van der Waals surface area contributed by atoms with Gasteiger partial charge in [0, 0.05) is 18.8 Å². The molecule has 1 aromatic carbocycles. The van der Waals surface area contributed by atoms with Crippen molar-refractivity contribution in [1.82, 2.24) is 4.57 Å². The van der Waals surface area contributed by atoms with Crippen molar-refractivity contribution in [2.45, 2.75) is 26.5 Å². The Morgan fingerprint density at radius 2 is 2.04 bits per heavy atom. The van der Waals surface area contributed by atoms with Crippen LogP contribution in [0.2, 0.25) is 0 Å². The fourth-order valence-corrected chi connectivity index (χ4v) is 2.84. The van der Waals surface area contributed by atoms with E-state index >= 15 is 0 Å². The number of carbonyl (C=O) groups is 2. The number of likely N-dealkylation sites (N-methyl/N-ethyl adjacent to an activating group) is 1. The Bertz CT molecular complexity index is 918. The number of nitrogens with zero attached hydrogens (tertiary/aromatic N) is 2.